The number of nitrogens with two attached hydrogens (primary N) is 1. The Labute approximate surface area is 101 Å². The molecule has 98 valence electrons. The summed E-state index contributed by atoms with van der Waals surface area (Å²) in [7, 11) is 0. The lowest BCUT2D eigenvalue weighted by Gasteiger charge is -2.31. The van der Waals surface area contributed by atoms with Gasteiger partial charge in [0.25, 0.3) is 0 Å². The van der Waals surface area contributed by atoms with Gasteiger partial charge in [-0.1, -0.05) is 5.16 Å². The zero-order chi connectivity index (χ0) is 13.2. The molecule has 0 spiro atoms. The fourth-order valence-corrected chi connectivity index (χ4v) is 1.52. The lowest BCUT2D eigenvalue weighted by atomic mass is 10.2. The molecule has 6 heteroatoms. The van der Waals surface area contributed by atoms with Gasteiger partial charge in [0.15, 0.2) is 5.84 Å². The second kappa shape index (κ2) is 4.81. The zero-order valence-corrected chi connectivity index (χ0v) is 10.8. The summed E-state index contributed by atoms with van der Waals surface area (Å²) in [4.78, 5) is 13.6. The second-order valence-electron chi connectivity index (χ2n) is 5.32. The molecule has 0 aromatic heterocycles. The molecule has 17 heavy (non-hydrogen) atoms. The van der Waals surface area contributed by atoms with E-state index in [-0.39, 0.29) is 11.9 Å². The number of hydrogen-bond donors (Lipinski definition) is 2. The topological polar surface area (TPSA) is 88.2 Å². The molecule has 1 atom stereocenters. The summed E-state index contributed by atoms with van der Waals surface area (Å²) in [6, 6.07) is -0.317. The van der Waals surface area contributed by atoms with E-state index in [1.54, 1.807) is 11.8 Å². The quantitative estimate of drug-likeness (QED) is 0.340. The van der Waals surface area contributed by atoms with Crippen LogP contribution in [-0.2, 0) is 4.74 Å². The van der Waals surface area contributed by atoms with Crippen molar-refractivity contribution in [3.05, 3.63) is 0 Å². The molecule has 0 radical (unpaired) electrons. The highest BCUT2D eigenvalue weighted by molar-refractivity contribution is 5.88. The number of ether oxygens (including phenoxy) is 1. The van der Waals surface area contributed by atoms with Crippen molar-refractivity contribution in [1.82, 2.24) is 4.90 Å². The van der Waals surface area contributed by atoms with E-state index in [1.165, 1.54) is 0 Å². The summed E-state index contributed by atoms with van der Waals surface area (Å²) >= 11 is 0. The average Bonchev–Trinajstić information content (AvgIpc) is 2.98. The van der Waals surface area contributed by atoms with Crippen LogP contribution in [0.4, 0.5) is 4.79 Å². The van der Waals surface area contributed by atoms with E-state index in [0.717, 1.165) is 12.8 Å². The van der Waals surface area contributed by atoms with Gasteiger partial charge in [-0.15, -0.1) is 0 Å². The minimum Gasteiger partial charge on any atom is -0.444 e. The summed E-state index contributed by atoms with van der Waals surface area (Å²) < 4.78 is 5.31. The molecule has 0 heterocycles. The molecule has 0 aliphatic heterocycles. The molecule has 3 N–H and O–H groups in total. The molecule has 0 bridgehead atoms. The molecule has 1 rings (SSSR count). The van der Waals surface area contributed by atoms with Crippen LogP contribution in [0.1, 0.15) is 40.5 Å². The van der Waals surface area contributed by atoms with Crippen molar-refractivity contribution in [2.45, 2.75) is 58.2 Å². The highest BCUT2D eigenvalue weighted by Crippen LogP contribution is 2.30. The van der Waals surface area contributed by atoms with E-state index < -0.39 is 17.7 Å². The van der Waals surface area contributed by atoms with E-state index in [4.69, 9.17) is 15.7 Å². The average molecular weight is 243 g/mol. The number of amides is 1. The molecule has 0 unspecified atom stereocenters. The molecule has 6 nitrogen and oxygen atoms in total. The molecule has 0 aromatic carbocycles. The lowest BCUT2D eigenvalue weighted by molar-refractivity contribution is 0.0204. The third-order valence-corrected chi connectivity index (χ3v) is 2.51. The maximum absolute atomic E-state index is 12.0. The molecule has 1 fully saturated rings. The standard InChI is InChI=1S/C11H21N3O3/c1-7(9(12)13-16)14(8-5-6-8)10(15)17-11(2,3)4/h7-8,16H,5-6H2,1-4H3,(H2,12,13)/t7-/m1/s1. The van der Waals surface area contributed by atoms with Gasteiger partial charge in [0.2, 0.25) is 0 Å². The van der Waals surface area contributed by atoms with Gasteiger partial charge in [0.05, 0.1) is 6.04 Å². The third kappa shape index (κ3) is 3.80. The highest BCUT2D eigenvalue weighted by atomic mass is 16.6. The number of hydrogen-bond acceptors (Lipinski definition) is 4. The van der Waals surface area contributed by atoms with Crippen LogP contribution in [0.25, 0.3) is 0 Å². The number of carbonyl (C=O) groups is 1. The Morgan fingerprint density at radius 1 is 1.53 bits per heavy atom. The summed E-state index contributed by atoms with van der Waals surface area (Å²) in [5.74, 6) is 0.0164. The Morgan fingerprint density at radius 3 is 2.41 bits per heavy atom. The van der Waals surface area contributed by atoms with Crippen molar-refractivity contribution in [3.63, 3.8) is 0 Å². The smallest absolute Gasteiger partial charge is 0.411 e. The van der Waals surface area contributed by atoms with Crippen LogP contribution >= 0.6 is 0 Å². The zero-order valence-electron chi connectivity index (χ0n) is 10.8. The summed E-state index contributed by atoms with van der Waals surface area (Å²) in [5, 5.41) is 11.6. The van der Waals surface area contributed by atoms with Crippen LogP contribution in [0.2, 0.25) is 0 Å². The van der Waals surface area contributed by atoms with Gasteiger partial charge in [-0.2, -0.15) is 0 Å². The Balaban J connectivity index is 2.76. The predicted octanol–water partition coefficient (Wildman–Crippen LogP) is 1.52. The van der Waals surface area contributed by atoms with Crippen molar-refractivity contribution in [2.75, 3.05) is 0 Å². The van der Waals surface area contributed by atoms with Crippen molar-refractivity contribution in [2.24, 2.45) is 10.9 Å². The van der Waals surface area contributed by atoms with Gasteiger partial charge in [0, 0.05) is 6.04 Å². The van der Waals surface area contributed by atoms with Crippen LogP contribution in [-0.4, -0.2) is 39.7 Å². The first kappa shape index (κ1) is 13.6. The Bertz CT molecular complexity index is 318. The number of oxime groups is 1. The first-order valence-electron chi connectivity index (χ1n) is 5.75. The minimum atomic E-state index is -0.547. The number of rotatable bonds is 3. The lowest BCUT2D eigenvalue weighted by Crippen LogP contribution is -2.49. The number of amidine groups is 1. The van der Waals surface area contributed by atoms with Gasteiger partial charge in [0.1, 0.15) is 5.60 Å². The first-order valence-corrected chi connectivity index (χ1v) is 5.75. The van der Waals surface area contributed by atoms with Crippen LogP contribution in [0, 0.1) is 0 Å². The number of carbonyl (C=O) groups excluding carboxylic acids is 1. The Hall–Kier alpha value is -1.46. The molecule has 1 saturated carbocycles. The van der Waals surface area contributed by atoms with E-state index in [2.05, 4.69) is 5.16 Å². The SMILES string of the molecule is C[C@H](C(N)=NO)N(C(=O)OC(C)(C)C)C1CC1. The Morgan fingerprint density at radius 2 is 2.06 bits per heavy atom. The summed E-state index contributed by atoms with van der Waals surface area (Å²) in [6.45, 7) is 7.15. The third-order valence-electron chi connectivity index (χ3n) is 2.51. The fourth-order valence-electron chi connectivity index (χ4n) is 1.52. The minimum absolute atomic E-state index is 0.0164. The van der Waals surface area contributed by atoms with Gasteiger partial charge in [-0.05, 0) is 40.5 Å². The van der Waals surface area contributed by atoms with Crippen molar-refractivity contribution >= 4 is 11.9 Å². The molecule has 0 saturated heterocycles. The molecule has 1 aliphatic rings. The van der Waals surface area contributed by atoms with Crippen molar-refractivity contribution in [3.8, 4) is 0 Å². The first-order chi connectivity index (χ1) is 7.76. The second-order valence-corrected chi connectivity index (χ2v) is 5.32. The molecule has 1 aliphatic carbocycles. The largest absolute Gasteiger partial charge is 0.444 e. The molecular formula is C11H21N3O3. The van der Waals surface area contributed by atoms with Gasteiger partial charge >= 0.3 is 6.09 Å². The molecule has 1 amide bonds. The van der Waals surface area contributed by atoms with Crippen LogP contribution in [0.5, 0.6) is 0 Å². The predicted molar refractivity (Wildman–Crippen MR) is 64.0 cm³/mol. The summed E-state index contributed by atoms with van der Waals surface area (Å²) in [6.07, 6.45) is 1.45. The highest BCUT2D eigenvalue weighted by Gasteiger charge is 2.39. The van der Waals surface area contributed by atoms with E-state index >= 15 is 0 Å². The maximum Gasteiger partial charge on any atom is 0.411 e. The van der Waals surface area contributed by atoms with Gasteiger partial charge in [-0.3, -0.25) is 4.90 Å². The van der Waals surface area contributed by atoms with Crippen LogP contribution < -0.4 is 5.73 Å². The van der Waals surface area contributed by atoms with Crippen LogP contribution in [0.3, 0.4) is 0 Å². The normalized spacial score (nSPS) is 18.7. The van der Waals surface area contributed by atoms with Crippen molar-refractivity contribution < 1.29 is 14.7 Å². The number of nitrogens with zero attached hydrogens (tertiary/aromatic N) is 2. The molecule has 0 aromatic rings. The van der Waals surface area contributed by atoms with E-state index in [0.29, 0.717) is 0 Å². The monoisotopic (exact) mass is 243 g/mol. The van der Waals surface area contributed by atoms with Gasteiger partial charge < -0.3 is 15.7 Å². The van der Waals surface area contributed by atoms with Crippen molar-refractivity contribution in [1.29, 1.82) is 0 Å². The molecular weight excluding hydrogens is 222 g/mol. The fraction of sp³-hybridized carbons (Fsp3) is 0.818. The maximum atomic E-state index is 12.0. The van der Waals surface area contributed by atoms with E-state index in [1.807, 2.05) is 20.8 Å². The Kier molecular flexibility index (Phi) is 3.85. The van der Waals surface area contributed by atoms with Crippen LogP contribution in [0.15, 0.2) is 5.16 Å². The summed E-state index contributed by atoms with van der Waals surface area (Å²) in [5.41, 5.74) is 4.99. The van der Waals surface area contributed by atoms with E-state index in [9.17, 15) is 4.79 Å². The van der Waals surface area contributed by atoms with Gasteiger partial charge in [-0.25, -0.2) is 4.79 Å².